The maximum atomic E-state index is 8.39. The summed E-state index contributed by atoms with van der Waals surface area (Å²) < 4.78 is 0. The maximum absolute atomic E-state index is 8.39. The third kappa shape index (κ3) is 1.62. The van der Waals surface area contributed by atoms with Gasteiger partial charge in [-0.3, -0.25) is 4.98 Å². The van der Waals surface area contributed by atoms with Crippen LogP contribution in [0.3, 0.4) is 0 Å². The second kappa shape index (κ2) is 3.71. The van der Waals surface area contributed by atoms with Crippen LogP contribution in [0.15, 0.2) is 42.6 Å². The molecule has 2 nitrogen and oxygen atoms in total. The van der Waals surface area contributed by atoms with E-state index in [2.05, 4.69) is 4.98 Å². The molecule has 1 aromatic heterocycles. The molecule has 0 atom stereocenters. The first-order chi connectivity index (χ1) is 6.90. The first kappa shape index (κ1) is 8.46. The Morgan fingerprint density at radius 3 is 3.07 bits per heavy atom. The number of aromatic nitrogens is 1. The standard InChI is InChI=1S/C12H8N2/c13-7-1-3-10-5-6-12-11(9-10)4-2-8-14-12/h1-6,8-9H/b3-1+. The Bertz CT molecular complexity index is 521. The van der Waals surface area contributed by atoms with Crippen molar-refractivity contribution >= 4 is 17.0 Å². The van der Waals surface area contributed by atoms with Crippen LogP contribution in [0.25, 0.3) is 17.0 Å². The van der Waals surface area contributed by atoms with Crippen molar-refractivity contribution in [2.45, 2.75) is 0 Å². The van der Waals surface area contributed by atoms with Gasteiger partial charge in [0.05, 0.1) is 11.6 Å². The first-order valence-corrected chi connectivity index (χ1v) is 4.31. The van der Waals surface area contributed by atoms with E-state index in [1.807, 2.05) is 36.4 Å². The topological polar surface area (TPSA) is 36.7 Å². The van der Waals surface area contributed by atoms with Crippen LogP contribution in [0.4, 0.5) is 0 Å². The second-order valence-electron chi connectivity index (χ2n) is 2.92. The number of benzene rings is 1. The lowest BCUT2D eigenvalue weighted by molar-refractivity contribution is 1.41. The van der Waals surface area contributed by atoms with Gasteiger partial charge in [-0.05, 0) is 29.8 Å². The zero-order chi connectivity index (χ0) is 9.80. The van der Waals surface area contributed by atoms with Crippen molar-refractivity contribution in [3.05, 3.63) is 48.2 Å². The van der Waals surface area contributed by atoms with E-state index < -0.39 is 0 Å². The lowest BCUT2D eigenvalue weighted by atomic mass is 10.1. The van der Waals surface area contributed by atoms with E-state index in [1.165, 1.54) is 6.08 Å². The molecule has 0 aliphatic heterocycles. The fraction of sp³-hybridized carbons (Fsp3) is 0. The predicted octanol–water partition coefficient (Wildman–Crippen LogP) is 2.77. The molecule has 2 heteroatoms. The fourth-order valence-electron chi connectivity index (χ4n) is 1.33. The summed E-state index contributed by atoms with van der Waals surface area (Å²) in [6.07, 6.45) is 5.02. The Morgan fingerprint density at radius 2 is 2.21 bits per heavy atom. The molecule has 0 spiro atoms. The minimum Gasteiger partial charge on any atom is -0.256 e. The Hall–Kier alpha value is -2.14. The number of pyridine rings is 1. The summed E-state index contributed by atoms with van der Waals surface area (Å²) in [6.45, 7) is 0. The molecule has 0 radical (unpaired) electrons. The minimum atomic E-state index is 0.974. The number of hydrogen-bond donors (Lipinski definition) is 0. The number of allylic oxidation sites excluding steroid dienone is 1. The molecule has 0 amide bonds. The number of rotatable bonds is 1. The summed E-state index contributed by atoms with van der Waals surface area (Å²) in [5, 5.41) is 9.48. The Kier molecular flexibility index (Phi) is 2.24. The van der Waals surface area contributed by atoms with Crippen LogP contribution in [-0.4, -0.2) is 4.98 Å². The normalized spacial score (nSPS) is 10.5. The van der Waals surface area contributed by atoms with Crippen molar-refractivity contribution in [1.29, 1.82) is 5.26 Å². The van der Waals surface area contributed by atoms with Crippen molar-refractivity contribution in [2.24, 2.45) is 0 Å². The highest BCUT2D eigenvalue weighted by atomic mass is 14.6. The van der Waals surface area contributed by atoms with Crippen LogP contribution in [0, 0.1) is 11.3 Å². The van der Waals surface area contributed by atoms with Gasteiger partial charge in [-0.2, -0.15) is 5.26 Å². The molecule has 1 heterocycles. The van der Waals surface area contributed by atoms with Crippen LogP contribution < -0.4 is 0 Å². The van der Waals surface area contributed by atoms with Crippen molar-refractivity contribution < 1.29 is 0 Å². The third-order valence-corrected chi connectivity index (χ3v) is 1.98. The summed E-state index contributed by atoms with van der Waals surface area (Å²) in [5.41, 5.74) is 1.99. The molecule has 0 unspecified atom stereocenters. The quantitative estimate of drug-likeness (QED) is 0.633. The molecule has 0 fully saturated rings. The van der Waals surface area contributed by atoms with Gasteiger partial charge in [0.25, 0.3) is 0 Å². The van der Waals surface area contributed by atoms with Gasteiger partial charge in [0.2, 0.25) is 0 Å². The van der Waals surface area contributed by atoms with Crippen LogP contribution in [0.2, 0.25) is 0 Å². The Labute approximate surface area is 82.1 Å². The highest BCUT2D eigenvalue weighted by Crippen LogP contribution is 2.13. The number of fused-ring (bicyclic) bond motifs is 1. The third-order valence-electron chi connectivity index (χ3n) is 1.98. The highest BCUT2D eigenvalue weighted by molar-refractivity contribution is 5.81. The van der Waals surface area contributed by atoms with Crippen molar-refractivity contribution in [2.75, 3.05) is 0 Å². The zero-order valence-electron chi connectivity index (χ0n) is 7.51. The van der Waals surface area contributed by atoms with Crippen molar-refractivity contribution in [1.82, 2.24) is 4.98 Å². The molecule has 1 aromatic carbocycles. The lowest BCUT2D eigenvalue weighted by Crippen LogP contribution is -1.78. The summed E-state index contributed by atoms with van der Waals surface area (Å²) >= 11 is 0. The second-order valence-corrected chi connectivity index (χ2v) is 2.92. The number of nitrogens with zero attached hydrogens (tertiary/aromatic N) is 2. The zero-order valence-corrected chi connectivity index (χ0v) is 7.51. The van der Waals surface area contributed by atoms with Gasteiger partial charge >= 0.3 is 0 Å². The molecule has 0 bridgehead atoms. The molecule has 0 N–H and O–H groups in total. The van der Waals surface area contributed by atoms with Gasteiger partial charge in [0, 0.05) is 17.7 Å². The molecule has 2 rings (SSSR count). The number of hydrogen-bond acceptors (Lipinski definition) is 2. The Morgan fingerprint density at radius 1 is 1.29 bits per heavy atom. The molecule has 2 aromatic rings. The van der Waals surface area contributed by atoms with Crippen molar-refractivity contribution in [3.8, 4) is 6.07 Å². The summed E-state index contributed by atoms with van der Waals surface area (Å²) in [7, 11) is 0. The molecular weight excluding hydrogens is 172 g/mol. The first-order valence-electron chi connectivity index (χ1n) is 4.31. The van der Waals surface area contributed by atoms with Crippen LogP contribution >= 0.6 is 0 Å². The molecule has 14 heavy (non-hydrogen) atoms. The summed E-state index contributed by atoms with van der Waals surface area (Å²) in [6, 6.07) is 11.8. The lowest BCUT2D eigenvalue weighted by Gasteiger charge is -1.97. The van der Waals surface area contributed by atoms with Crippen LogP contribution in [0.1, 0.15) is 5.56 Å². The van der Waals surface area contributed by atoms with Gasteiger partial charge in [0.15, 0.2) is 0 Å². The van der Waals surface area contributed by atoms with Crippen molar-refractivity contribution in [3.63, 3.8) is 0 Å². The molecule has 66 valence electrons. The van der Waals surface area contributed by atoms with Gasteiger partial charge < -0.3 is 0 Å². The SMILES string of the molecule is N#C/C=C/c1ccc2ncccc2c1. The van der Waals surface area contributed by atoms with Gasteiger partial charge in [-0.15, -0.1) is 0 Å². The van der Waals surface area contributed by atoms with E-state index in [9.17, 15) is 0 Å². The minimum absolute atomic E-state index is 0.974. The largest absolute Gasteiger partial charge is 0.256 e. The summed E-state index contributed by atoms with van der Waals surface area (Å²) in [5.74, 6) is 0. The average Bonchev–Trinajstić information content (AvgIpc) is 2.26. The predicted molar refractivity (Wildman–Crippen MR) is 56.4 cm³/mol. The maximum Gasteiger partial charge on any atom is 0.0912 e. The van der Waals surface area contributed by atoms with E-state index in [0.717, 1.165) is 16.5 Å². The molecule has 0 aliphatic rings. The fourth-order valence-corrected chi connectivity index (χ4v) is 1.33. The monoisotopic (exact) mass is 180 g/mol. The van der Waals surface area contributed by atoms with Crippen LogP contribution in [0.5, 0.6) is 0 Å². The van der Waals surface area contributed by atoms with E-state index in [0.29, 0.717) is 0 Å². The highest BCUT2D eigenvalue weighted by Gasteiger charge is 1.93. The van der Waals surface area contributed by atoms with Gasteiger partial charge in [-0.25, -0.2) is 0 Å². The van der Waals surface area contributed by atoms with E-state index >= 15 is 0 Å². The van der Waals surface area contributed by atoms with E-state index in [4.69, 9.17) is 5.26 Å². The molecule has 0 saturated heterocycles. The number of nitriles is 1. The van der Waals surface area contributed by atoms with E-state index in [1.54, 1.807) is 12.3 Å². The molecular formula is C12H8N2. The Balaban J connectivity index is 2.52. The smallest absolute Gasteiger partial charge is 0.0912 e. The van der Waals surface area contributed by atoms with Gasteiger partial charge in [-0.1, -0.05) is 12.1 Å². The van der Waals surface area contributed by atoms with E-state index in [-0.39, 0.29) is 0 Å². The van der Waals surface area contributed by atoms with Gasteiger partial charge in [0.1, 0.15) is 0 Å². The van der Waals surface area contributed by atoms with Crippen LogP contribution in [-0.2, 0) is 0 Å². The molecule has 0 saturated carbocycles. The summed E-state index contributed by atoms with van der Waals surface area (Å²) in [4.78, 5) is 4.21. The average molecular weight is 180 g/mol. The molecule has 0 aliphatic carbocycles.